The van der Waals surface area contributed by atoms with E-state index < -0.39 is 11.9 Å². The van der Waals surface area contributed by atoms with Gasteiger partial charge in [0.05, 0.1) is 12.7 Å². The van der Waals surface area contributed by atoms with Gasteiger partial charge >= 0.3 is 5.97 Å². The zero-order valence-electron chi connectivity index (χ0n) is 15.2. The number of thiocarbonyl (C=S) groups is 1. The molecule has 3 rings (SSSR count). The topological polar surface area (TPSA) is 67.4 Å². The van der Waals surface area contributed by atoms with Crippen molar-refractivity contribution in [1.82, 2.24) is 5.32 Å². The maximum atomic E-state index is 12.3. The summed E-state index contributed by atoms with van der Waals surface area (Å²) in [7, 11) is 1.36. The number of ether oxygens (including phenoxy) is 1. The molecular formula is C20H19ClN2O3S2. The Morgan fingerprint density at radius 2 is 2.00 bits per heavy atom. The van der Waals surface area contributed by atoms with E-state index in [2.05, 4.69) is 10.6 Å². The number of anilines is 1. The summed E-state index contributed by atoms with van der Waals surface area (Å²) in [5.74, 6) is -0.784. The average molecular weight is 435 g/mol. The summed E-state index contributed by atoms with van der Waals surface area (Å²) < 4.78 is 4.94. The predicted molar refractivity (Wildman–Crippen MR) is 117 cm³/mol. The molecule has 1 amide bonds. The van der Waals surface area contributed by atoms with Crippen LogP contribution in [0.1, 0.15) is 39.2 Å². The van der Waals surface area contributed by atoms with Gasteiger partial charge in [-0.25, -0.2) is 4.79 Å². The van der Waals surface area contributed by atoms with E-state index in [1.807, 2.05) is 18.2 Å². The van der Waals surface area contributed by atoms with E-state index >= 15 is 0 Å². The Labute approximate surface area is 177 Å². The van der Waals surface area contributed by atoms with Crippen LogP contribution in [0.15, 0.2) is 30.3 Å². The van der Waals surface area contributed by atoms with Crippen molar-refractivity contribution < 1.29 is 14.3 Å². The quantitative estimate of drug-likeness (QED) is 0.418. The molecule has 1 aliphatic rings. The summed E-state index contributed by atoms with van der Waals surface area (Å²) >= 11 is 12.8. The van der Waals surface area contributed by atoms with Crippen molar-refractivity contribution >= 4 is 63.2 Å². The number of hydrogen-bond donors (Lipinski definition) is 2. The Hall–Kier alpha value is -2.22. The van der Waals surface area contributed by atoms with Crippen molar-refractivity contribution in [1.29, 1.82) is 0 Å². The molecule has 0 spiro atoms. The van der Waals surface area contributed by atoms with Gasteiger partial charge in [0.15, 0.2) is 5.11 Å². The fourth-order valence-corrected chi connectivity index (χ4v) is 4.78. The third-order valence-electron chi connectivity index (χ3n) is 4.34. The lowest BCUT2D eigenvalue weighted by Gasteiger charge is -2.12. The summed E-state index contributed by atoms with van der Waals surface area (Å²) in [4.78, 5) is 25.6. The van der Waals surface area contributed by atoms with Crippen LogP contribution < -0.4 is 10.6 Å². The number of carbonyl (C=O) groups is 2. The van der Waals surface area contributed by atoms with Crippen molar-refractivity contribution in [3.05, 3.63) is 56.9 Å². The second-order valence-electron chi connectivity index (χ2n) is 6.20. The van der Waals surface area contributed by atoms with Gasteiger partial charge in [-0.1, -0.05) is 29.8 Å². The molecule has 1 aromatic carbocycles. The first-order valence-electron chi connectivity index (χ1n) is 8.77. The zero-order valence-corrected chi connectivity index (χ0v) is 17.6. The van der Waals surface area contributed by atoms with E-state index in [0.717, 1.165) is 36.8 Å². The lowest BCUT2D eigenvalue weighted by atomic mass is 9.95. The Morgan fingerprint density at radius 1 is 1.25 bits per heavy atom. The van der Waals surface area contributed by atoms with Crippen molar-refractivity contribution in [2.75, 3.05) is 12.4 Å². The molecular weight excluding hydrogens is 416 g/mol. The van der Waals surface area contributed by atoms with E-state index in [-0.39, 0.29) is 5.11 Å². The molecule has 1 heterocycles. The Kier molecular flexibility index (Phi) is 6.83. The largest absolute Gasteiger partial charge is 0.465 e. The maximum Gasteiger partial charge on any atom is 0.341 e. The fourth-order valence-electron chi connectivity index (χ4n) is 3.04. The Bertz CT molecular complexity index is 953. The van der Waals surface area contributed by atoms with E-state index in [4.69, 9.17) is 28.6 Å². The summed E-state index contributed by atoms with van der Waals surface area (Å²) in [6.07, 6.45) is 6.89. The van der Waals surface area contributed by atoms with Gasteiger partial charge in [0, 0.05) is 16.0 Å². The van der Waals surface area contributed by atoms with Crippen LogP contribution in [0, 0.1) is 0 Å². The molecule has 2 N–H and O–H groups in total. The van der Waals surface area contributed by atoms with Crippen LogP contribution in [0.2, 0.25) is 5.02 Å². The second-order valence-corrected chi connectivity index (χ2v) is 8.13. The second kappa shape index (κ2) is 9.32. The molecule has 1 aliphatic carbocycles. The minimum atomic E-state index is -0.394. The highest BCUT2D eigenvalue weighted by molar-refractivity contribution is 7.80. The maximum absolute atomic E-state index is 12.3. The molecule has 0 bridgehead atoms. The number of carbonyl (C=O) groups excluding carboxylic acids is 2. The van der Waals surface area contributed by atoms with Crippen LogP contribution >= 0.6 is 35.2 Å². The molecule has 2 aromatic rings. The van der Waals surface area contributed by atoms with E-state index in [1.54, 1.807) is 12.1 Å². The Morgan fingerprint density at radius 3 is 2.75 bits per heavy atom. The zero-order chi connectivity index (χ0) is 20.1. The van der Waals surface area contributed by atoms with E-state index in [0.29, 0.717) is 15.6 Å². The number of aryl methyl sites for hydroxylation is 1. The monoisotopic (exact) mass is 434 g/mol. The van der Waals surface area contributed by atoms with Crippen LogP contribution in [0.3, 0.4) is 0 Å². The standard InChI is InChI=1S/C20H19ClN2O3S2/c1-26-19(25)17-13-7-3-5-9-15(13)28-18(17)23-20(27)22-16(24)11-10-12-6-2-4-8-14(12)21/h2,4,6,8,10-11H,3,5,7,9H2,1H3,(H2,22,23,24,27). The lowest BCUT2D eigenvalue weighted by Crippen LogP contribution is -2.33. The Balaban J connectivity index is 1.69. The highest BCUT2D eigenvalue weighted by atomic mass is 35.5. The van der Waals surface area contributed by atoms with E-state index in [1.165, 1.54) is 29.4 Å². The minimum Gasteiger partial charge on any atom is -0.465 e. The normalized spacial score (nSPS) is 13.1. The number of fused-ring (bicyclic) bond motifs is 1. The first-order valence-corrected chi connectivity index (χ1v) is 10.4. The van der Waals surface area contributed by atoms with Gasteiger partial charge < -0.3 is 10.1 Å². The fraction of sp³-hybridized carbons (Fsp3) is 0.250. The highest BCUT2D eigenvalue weighted by Gasteiger charge is 2.26. The predicted octanol–water partition coefficient (Wildman–Crippen LogP) is 4.59. The first-order chi connectivity index (χ1) is 13.5. The number of amides is 1. The number of hydrogen-bond acceptors (Lipinski definition) is 5. The molecule has 146 valence electrons. The number of nitrogens with one attached hydrogen (secondary N) is 2. The number of rotatable bonds is 4. The molecule has 1 aromatic heterocycles. The van der Waals surface area contributed by atoms with Gasteiger partial charge in [0.1, 0.15) is 5.00 Å². The number of esters is 1. The van der Waals surface area contributed by atoms with Gasteiger partial charge in [-0.3, -0.25) is 10.1 Å². The lowest BCUT2D eigenvalue weighted by molar-refractivity contribution is -0.115. The summed E-state index contributed by atoms with van der Waals surface area (Å²) in [6.45, 7) is 0. The molecule has 5 nitrogen and oxygen atoms in total. The molecule has 0 radical (unpaired) electrons. The first kappa shape index (κ1) is 20.5. The van der Waals surface area contributed by atoms with Crippen molar-refractivity contribution in [2.24, 2.45) is 0 Å². The summed E-state index contributed by atoms with van der Waals surface area (Å²) in [6, 6.07) is 7.21. The van der Waals surface area contributed by atoms with Crippen LogP contribution in [-0.4, -0.2) is 24.1 Å². The van der Waals surface area contributed by atoms with Crippen molar-refractivity contribution in [3.63, 3.8) is 0 Å². The molecule has 0 fully saturated rings. The number of halogens is 1. The molecule has 0 unspecified atom stereocenters. The molecule has 0 aliphatic heterocycles. The number of methoxy groups -OCH3 is 1. The van der Waals surface area contributed by atoms with Crippen molar-refractivity contribution in [3.8, 4) is 0 Å². The van der Waals surface area contributed by atoms with Crippen LogP contribution in [0.4, 0.5) is 5.00 Å². The van der Waals surface area contributed by atoms with Crippen LogP contribution in [-0.2, 0) is 22.4 Å². The van der Waals surface area contributed by atoms with Gasteiger partial charge in [0.25, 0.3) is 0 Å². The van der Waals surface area contributed by atoms with Crippen molar-refractivity contribution in [2.45, 2.75) is 25.7 Å². The molecule has 0 saturated heterocycles. The number of benzene rings is 1. The highest BCUT2D eigenvalue weighted by Crippen LogP contribution is 2.38. The van der Waals surface area contributed by atoms with E-state index in [9.17, 15) is 9.59 Å². The SMILES string of the molecule is COC(=O)c1c(NC(=S)NC(=O)C=Cc2ccccc2Cl)sc2c1CCCC2. The van der Waals surface area contributed by atoms with Crippen LogP contribution in [0.25, 0.3) is 6.08 Å². The van der Waals surface area contributed by atoms with Gasteiger partial charge in [-0.05, 0) is 61.2 Å². The third-order valence-corrected chi connectivity index (χ3v) is 6.10. The molecule has 8 heteroatoms. The summed E-state index contributed by atoms with van der Waals surface area (Å²) in [5.41, 5.74) is 2.28. The summed E-state index contributed by atoms with van der Waals surface area (Å²) in [5, 5.41) is 6.86. The van der Waals surface area contributed by atoms with Gasteiger partial charge in [-0.2, -0.15) is 0 Å². The minimum absolute atomic E-state index is 0.123. The molecule has 28 heavy (non-hydrogen) atoms. The molecule has 0 saturated carbocycles. The smallest absolute Gasteiger partial charge is 0.341 e. The average Bonchev–Trinajstić information content (AvgIpc) is 3.04. The molecule has 0 atom stereocenters. The van der Waals surface area contributed by atoms with Crippen LogP contribution in [0.5, 0.6) is 0 Å². The van der Waals surface area contributed by atoms with Gasteiger partial charge in [0.2, 0.25) is 5.91 Å². The third kappa shape index (κ3) is 4.79. The van der Waals surface area contributed by atoms with Gasteiger partial charge in [-0.15, -0.1) is 11.3 Å². The number of thiophene rings is 1.